The zero-order valence-electron chi connectivity index (χ0n) is 17.4. The van der Waals surface area contributed by atoms with Crippen molar-refractivity contribution in [1.29, 1.82) is 0 Å². The highest BCUT2D eigenvalue weighted by Crippen LogP contribution is 2.38. The van der Waals surface area contributed by atoms with Crippen LogP contribution < -0.4 is 14.4 Å². The molecule has 30 heavy (non-hydrogen) atoms. The lowest BCUT2D eigenvalue weighted by molar-refractivity contribution is 0.0975. The van der Waals surface area contributed by atoms with Crippen LogP contribution in [0.15, 0.2) is 53.4 Å². The lowest BCUT2D eigenvalue weighted by atomic mass is 10.1. The van der Waals surface area contributed by atoms with Gasteiger partial charge in [-0.1, -0.05) is 6.07 Å². The minimum absolute atomic E-state index is 0.0270. The maximum Gasteiger partial charge on any atom is 0.258 e. The van der Waals surface area contributed by atoms with Gasteiger partial charge in [-0.2, -0.15) is 0 Å². The van der Waals surface area contributed by atoms with E-state index in [1.165, 1.54) is 12.1 Å². The van der Waals surface area contributed by atoms with Crippen LogP contribution in [-0.2, 0) is 10.0 Å². The molecule has 4 rings (SSSR count). The van der Waals surface area contributed by atoms with Gasteiger partial charge in [-0.15, -0.1) is 0 Å². The Kier molecular flexibility index (Phi) is 5.84. The van der Waals surface area contributed by atoms with E-state index in [0.29, 0.717) is 23.9 Å². The highest BCUT2D eigenvalue weighted by atomic mass is 32.2. The van der Waals surface area contributed by atoms with Gasteiger partial charge in [0.15, 0.2) is 0 Å². The van der Waals surface area contributed by atoms with E-state index in [2.05, 4.69) is 11.6 Å². The van der Waals surface area contributed by atoms with E-state index >= 15 is 0 Å². The molecule has 160 valence electrons. The van der Waals surface area contributed by atoms with Crippen molar-refractivity contribution < 1.29 is 17.9 Å². The minimum Gasteiger partial charge on any atom is -0.497 e. The number of nitrogens with zero attached hydrogens (tertiary/aromatic N) is 1. The van der Waals surface area contributed by atoms with E-state index in [0.717, 1.165) is 37.1 Å². The summed E-state index contributed by atoms with van der Waals surface area (Å²) >= 11 is 0. The van der Waals surface area contributed by atoms with Gasteiger partial charge in [0.25, 0.3) is 5.91 Å². The molecule has 2 fully saturated rings. The van der Waals surface area contributed by atoms with Gasteiger partial charge in [-0.05, 0) is 86.9 Å². The van der Waals surface area contributed by atoms with Crippen LogP contribution in [0, 0.1) is 11.8 Å². The van der Waals surface area contributed by atoms with Crippen molar-refractivity contribution in [2.45, 2.75) is 43.5 Å². The van der Waals surface area contributed by atoms with Crippen LogP contribution in [0.5, 0.6) is 5.75 Å². The van der Waals surface area contributed by atoms with Crippen LogP contribution in [0.2, 0.25) is 0 Å². The van der Waals surface area contributed by atoms with Gasteiger partial charge in [0.2, 0.25) is 10.0 Å². The Hall–Kier alpha value is -2.38. The summed E-state index contributed by atoms with van der Waals surface area (Å²) in [6.45, 7) is 2.51. The molecular weight excluding hydrogens is 400 g/mol. The summed E-state index contributed by atoms with van der Waals surface area (Å²) in [6, 6.07) is 13.8. The average Bonchev–Trinajstić information content (AvgIpc) is 3.66. The third-order valence-corrected chi connectivity index (χ3v) is 7.35. The first kappa shape index (κ1) is 20.9. The van der Waals surface area contributed by atoms with E-state index in [1.807, 2.05) is 24.3 Å². The number of hydrogen-bond acceptors (Lipinski definition) is 4. The van der Waals surface area contributed by atoms with Gasteiger partial charge in [0, 0.05) is 23.8 Å². The number of ether oxygens (including phenoxy) is 1. The molecule has 2 aromatic carbocycles. The quantitative estimate of drug-likeness (QED) is 0.659. The number of sulfonamides is 1. The molecule has 1 unspecified atom stereocenters. The Balaban J connectivity index is 1.62. The topological polar surface area (TPSA) is 75.7 Å². The van der Waals surface area contributed by atoms with Gasteiger partial charge in [0.1, 0.15) is 5.75 Å². The van der Waals surface area contributed by atoms with Crippen molar-refractivity contribution in [2.24, 2.45) is 11.8 Å². The van der Waals surface area contributed by atoms with E-state index in [4.69, 9.17) is 4.74 Å². The second-order valence-corrected chi connectivity index (χ2v) is 10.0. The molecule has 2 aliphatic carbocycles. The number of nitrogens with one attached hydrogen (secondary N) is 1. The summed E-state index contributed by atoms with van der Waals surface area (Å²) in [5, 5.41) is 0. The Morgan fingerprint density at radius 3 is 2.43 bits per heavy atom. The molecule has 7 heteroatoms. The average molecular weight is 429 g/mol. The monoisotopic (exact) mass is 428 g/mol. The van der Waals surface area contributed by atoms with Crippen molar-refractivity contribution in [2.75, 3.05) is 18.6 Å². The van der Waals surface area contributed by atoms with Gasteiger partial charge in [0.05, 0.1) is 12.0 Å². The van der Waals surface area contributed by atoms with Crippen molar-refractivity contribution in [3.63, 3.8) is 0 Å². The largest absolute Gasteiger partial charge is 0.497 e. The maximum absolute atomic E-state index is 13.5. The summed E-state index contributed by atoms with van der Waals surface area (Å²) in [5.74, 6) is 1.43. The zero-order valence-corrected chi connectivity index (χ0v) is 18.2. The molecule has 1 N–H and O–H groups in total. The van der Waals surface area contributed by atoms with Crippen LogP contribution >= 0.6 is 0 Å². The summed E-state index contributed by atoms with van der Waals surface area (Å²) in [4.78, 5) is 15.4. The molecule has 0 spiro atoms. The molecule has 6 nitrogen and oxygen atoms in total. The number of benzene rings is 2. The SMILES string of the molecule is COc1ccc(N(C(=O)c2cccc(S(=O)(=O)NCC3CC3)c2)C(C)C2CC2)cc1. The summed E-state index contributed by atoms with van der Waals surface area (Å²) in [7, 11) is -2.03. The minimum atomic E-state index is -3.63. The number of hydrogen-bond donors (Lipinski definition) is 1. The van der Waals surface area contributed by atoms with E-state index in [-0.39, 0.29) is 16.8 Å². The van der Waals surface area contributed by atoms with Crippen LogP contribution in [0.25, 0.3) is 0 Å². The van der Waals surface area contributed by atoms with Gasteiger partial charge < -0.3 is 9.64 Å². The number of amides is 1. The molecule has 1 amide bonds. The molecule has 0 saturated heterocycles. The normalized spacial score (nSPS) is 17.4. The van der Waals surface area contributed by atoms with Crippen molar-refractivity contribution >= 4 is 21.6 Å². The van der Waals surface area contributed by atoms with Crippen LogP contribution in [-0.4, -0.2) is 34.0 Å². The number of methoxy groups -OCH3 is 1. The first-order chi connectivity index (χ1) is 14.4. The third kappa shape index (κ3) is 4.68. The number of anilines is 1. The predicted molar refractivity (Wildman–Crippen MR) is 116 cm³/mol. The molecule has 2 aliphatic rings. The molecule has 0 aromatic heterocycles. The Labute approximate surface area is 178 Å². The molecule has 0 heterocycles. The summed E-state index contributed by atoms with van der Waals surface area (Å²) in [6.07, 6.45) is 4.33. The summed E-state index contributed by atoms with van der Waals surface area (Å²) < 4.78 is 33.2. The van der Waals surface area contributed by atoms with Gasteiger partial charge in [-0.3, -0.25) is 4.79 Å². The Morgan fingerprint density at radius 1 is 1.13 bits per heavy atom. The van der Waals surface area contributed by atoms with Crippen LogP contribution in [0.4, 0.5) is 5.69 Å². The number of carbonyl (C=O) groups is 1. The fourth-order valence-electron chi connectivity index (χ4n) is 3.64. The highest BCUT2D eigenvalue weighted by molar-refractivity contribution is 7.89. The van der Waals surface area contributed by atoms with Gasteiger partial charge in [-0.25, -0.2) is 13.1 Å². The van der Waals surface area contributed by atoms with E-state index < -0.39 is 10.0 Å². The second kappa shape index (κ2) is 8.40. The smallest absolute Gasteiger partial charge is 0.258 e. The van der Waals surface area contributed by atoms with Crippen LogP contribution in [0.1, 0.15) is 43.0 Å². The lowest BCUT2D eigenvalue weighted by Gasteiger charge is -2.30. The number of carbonyl (C=O) groups excluding carboxylic acids is 1. The Morgan fingerprint density at radius 2 is 1.83 bits per heavy atom. The maximum atomic E-state index is 13.5. The molecule has 2 aromatic rings. The van der Waals surface area contributed by atoms with Crippen molar-refractivity contribution in [3.05, 3.63) is 54.1 Å². The fourth-order valence-corrected chi connectivity index (χ4v) is 4.80. The van der Waals surface area contributed by atoms with Gasteiger partial charge >= 0.3 is 0 Å². The van der Waals surface area contributed by atoms with Crippen LogP contribution in [0.3, 0.4) is 0 Å². The predicted octanol–water partition coefficient (Wildman–Crippen LogP) is 3.83. The molecule has 0 aliphatic heterocycles. The first-order valence-corrected chi connectivity index (χ1v) is 11.9. The van der Waals surface area contributed by atoms with E-state index in [1.54, 1.807) is 24.1 Å². The van der Waals surface area contributed by atoms with E-state index in [9.17, 15) is 13.2 Å². The lowest BCUT2D eigenvalue weighted by Crippen LogP contribution is -2.40. The molecular formula is C23H28N2O4S. The molecule has 2 saturated carbocycles. The standard InChI is InChI=1S/C23H28N2O4S/c1-16(18-8-9-18)25(20-10-12-21(29-2)13-11-20)23(26)19-4-3-5-22(14-19)30(27,28)24-15-17-6-7-17/h3-5,10-14,16-18,24H,6-9,15H2,1-2H3. The third-order valence-electron chi connectivity index (χ3n) is 5.93. The molecule has 0 bridgehead atoms. The zero-order chi connectivity index (χ0) is 21.3. The molecule has 0 radical (unpaired) electrons. The molecule has 1 atom stereocenters. The first-order valence-electron chi connectivity index (χ1n) is 10.5. The number of rotatable bonds is 9. The second-order valence-electron chi connectivity index (χ2n) is 8.27. The summed E-state index contributed by atoms with van der Waals surface area (Å²) in [5.41, 5.74) is 1.15. The van der Waals surface area contributed by atoms with Crippen molar-refractivity contribution in [1.82, 2.24) is 4.72 Å². The highest BCUT2D eigenvalue weighted by Gasteiger charge is 2.36. The Bertz CT molecular complexity index is 1010. The fraction of sp³-hybridized carbons (Fsp3) is 0.435. The van der Waals surface area contributed by atoms with Crippen molar-refractivity contribution in [3.8, 4) is 5.75 Å².